The summed E-state index contributed by atoms with van der Waals surface area (Å²) in [6, 6.07) is 0.627. The first-order valence-electron chi connectivity index (χ1n) is 5.19. The average Bonchev–Trinajstić information content (AvgIpc) is 2.03. The highest BCUT2D eigenvalue weighted by atomic mass is 15.2. The van der Waals surface area contributed by atoms with Gasteiger partial charge in [-0.05, 0) is 18.9 Å². The third kappa shape index (κ3) is 3.63. The lowest BCUT2D eigenvalue weighted by Gasteiger charge is -2.37. The molecule has 1 atom stereocenters. The van der Waals surface area contributed by atoms with Gasteiger partial charge in [0, 0.05) is 32.2 Å². The smallest absolute Gasteiger partial charge is 0.0167 e. The van der Waals surface area contributed by atoms with Gasteiger partial charge < -0.3 is 11.1 Å². The Bertz CT molecular complexity index is 156. The van der Waals surface area contributed by atoms with E-state index in [1.807, 2.05) is 0 Å². The molecule has 0 bridgehead atoms. The van der Waals surface area contributed by atoms with Crippen molar-refractivity contribution in [1.29, 1.82) is 0 Å². The molecular weight excluding hydrogens is 162 g/mol. The molecule has 0 saturated carbocycles. The Morgan fingerprint density at radius 1 is 1.54 bits per heavy atom. The van der Waals surface area contributed by atoms with E-state index in [1.165, 1.54) is 0 Å². The van der Waals surface area contributed by atoms with Gasteiger partial charge in [-0.25, -0.2) is 0 Å². The number of rotatable bonds is 3. The first kappa shape index (κ1) is 11.0. The normalized spacial score (nSPS) is 26.3. The van der Waals surface area contributed by atoms with Crippen molar-refractivity contribution in [2.75, 3.05) is 32.7 Å². The molecule has 1 aliphatic heterocycles. The topological polar surface area (TPSA) is 41.3 Å². The van der Waals surface area contributed by atoms with E-state index >= 15 is 0 Å². The molecule has 3 heteroatoms. The summed E-state index contributed by atoms with van der Waals surface area (Å²) in [7, 11) is 0. The van der Waals surface area contributed by atoms with Gasteiger partial charge in [-0.3, -0.25) is 4.90 Å². The number of piperazine rings is 1. The van der Waals surface area contributed by atoms with E-state index < -0.39 is 0 Å². The second kappa shape index (κ2) is 4.40. The van der Waals surface area contributed by atoms with Crippen molar-refractivity contribution in [2.45, 2.75) is 26.8 Å². The van der Waals surface area contributed by atoms with Crippen LogP contribution in [0.15, 0.2) is 0 Å². The van der Waals surface area contributed by atoms with Gasteiger partial charge in [0.1, 0.15) is 0 Å². The zero-order chi connectivity index (χ0) is 9.90. The van der Waals surface area contributed by atoms with Gasteiger partial charge in [-0.2, -0.15) is 0 Å². The molecule has 78 valence electrons. The minimum absolute atomic E-state index is 0.261. The monoisotopic (exact) mass is 185 g/mol. The molecule has 0 aromatic rings. The molecule has 3 N–H and O–H groups in total. The Morgan fingerprint density at radius 2 is 2.23 bits per heavy atom. The van der Waals surface area contributed by atoms with Crippen molar-refractivity contribution in [1.82, 2.24) is 10.2 Å². The van der Waals surface area contributed by atoms with Crippen LogP contribution in [0.3, 0.4) is 0 Å². The first-order valence-corrected chi connectivity index (χ1v) is 5.19. The van der Waals surface area contributed by atoms with Crippen LogP contribution in [-0.2, 0) is 0 Å². The molecule has 1 fully saturated rings. The largest absolute Gasteiger partial charge is 0.330 e. The molecule has 1 rings (SSSR count). The van der Waals surface area contributed by atoms with Crippen molar-refractivity contribution in [3.8, 4) is 0 Å². The number of hydrogen-bond acceptors (Lipinski definition) is 3. The SMILES string of the molecule is CC1CN(CC(C)(C)CN)CCN1. The van der Waals surface area contributed by atoms with E-state index in [0.29, 0.717) is 6.04 Å². The summed E-state index contributed by atoms with van der Waals surface area (Å²) in [5, 5.41) is 3.44. The fourth-order valence-corrected chi connectivity index (χ4v) is 1.83. The minimum atomic E-state index is 0.261. The predicted octanol–water partition coefficient (Wildman–Crippen LogP) is 0.265. The third-order valence-corrected chi connectivity index (χ3v) is 2.66. The maximum absolute atomic E-state index is 5.72. The van der Waals surface area contributed by atoms with E-state index in [9.17, 15) is 0 Å². The van der Waals surface area contributed by atoms with E-state index in [0.717, 1.165) is 32.7 Å². The highest BCUT2D eigenvalue weighted by Gasteiger charge is 2.23. The number of nitrogens with zero attached hydrogens (tertiary/aromatic N) is 1. The van der Waals surface area contributed by atoms with Crippen LogP contribution in [0.2, 0.25) is 0 Å². The second-order valence-corrected chi connectivity index (χ2v) is 4.96. The van der Waals surface area contributed by atoms with Gasteiger partial charge in [0.15, 0.2) is 0 Å². The van der Waals surface area contributed by atoms with Crippen molar-refractivity contribution in [2.24, 2.45) is 11.1 Å². The standard InChI is InChI=1S/C10H23N3/c1-9-6-13(5-4-12-9)8-10(2,3)7-11/h9,12H,4-8,11H2,1-3H3. The first-order chi connectivity index (χ1) is 6.03. The van der Waals surface area contributed by atoms with Crippen LogP contribution in [-0.4, -0.2) is 43.7 Å². The van der Waals surface area contributed by atoms with Gasteiger partial charge in [0.2, 0.25) is 0 Å². The van der Waals surface area contributed by atoms with E-state index in [1.54, 1.807) is 0 Å². The Morgan fingerprint density at radius 3 is 2.77 bits per heavy atom. The average molecular weight is 185 g/mol. The molecule has 0 spiro atoms. The Kier molecular flexibility index (Phi) is 3.71. The molecule has 1 heterocycles. The van der Waals surface area contributed by atoms with Crippen molar-refractivity contribution >= 4 is 0 Å². The number of hydrogen-bond donors (Lipinski definition) is 2. The molecule has 0 aromatic heterocycles. The van der Waals surface area contributed by atoms with Crippen LogP contribution in [0.5, 0.6) is 0 Å². The van der Waals surface area contributed by atoms with E-state index in [2.05, 4.69) is 31.0 Å². The zero-order valence-electron chi connectivity index (χ0n) is 9.14. The van der Waals surface area contributed by atoms with Crippen LogP contribution in [0, 0.1) is 5.41 Å². The highest BCUT2D eigenvalue weighted by molar-refractivity contribution is 4.80. The van der Waals surface area contributed by atoms with Crippen LogP contribution >= 0.6 is 0 Å². The summed E-state index contributed by atoms with van der Waals surface area (Å²) < 4.78 is 0. The molecule has 13 heavy (non-hydrogen) atoms. The van der Waals surface area contributed by atoms with Gasteiger partial charge >= 0.3 is 0 Å². The molecule has 0 amide bonds. The van der Waals surface area contributed by atoms with Crippen LogP contribution in [0.1, 0.15) is 20.8 Å². The van der Waals surface area contributed by atoms with Crippen molar-refractivity contribution in [3.63, 3.8) is 0 Å². The minimum Gasteiger partial charge on any atom is -0.330 e. The Balaban J connectivity index is 2.35. The highest BCUT2D eigenvalue weighted by Crippen LogP contribution is 2.15. The Hall–Kier alpha value is -0.120. The molecule has 1 unspecified atom stereocenters. The van der Waals surface area contributed by atoms with E-state index in [-0.39, 0.29) is 5.41 Å². The lowest BCUT2D eigenvalue weighted by Crippen LogP contribution is -2.52. The van der Waals surface area contributed by atoms with Gasteiger partial charge in [0.05, 0.1) is 0 Å². The molecule has 1 saturated heterocycles. The second-order valence-electron chi connectivity index (χ2n) is 4.96. The van der Waals surface area contributed by atoms with Gasteiger partial charge in [-0.15, -0.1) is 0 Å². The van der Waals surface area contributed by atoms with Crippen LogP contribution in [0.4, 0.5) is 0 Å². The molecule has 0 aromatic carbocycles. The summed E-state index contributed by atoms with van der Waals surface area (Å²) in [5.41, 5.74) is 5.98. The molecular formula is C10H23N3. The zero-order valence-corrected chi connectivity index (χ0v) is 9.14. The third-order valence-electron chi connectivity index (χ3n) is 2.66. The molecule has 1 aliphatic rings. The summed E-state index contributed by atoms with van der Waals surface area (Å²) in [4.78, 5) is 2.51. The fraction of sp³-hybridized carbons (Fsp3) is 1.00. The van der Waals surface area contributed by atoms with Crippen LogP contribution < -0.4 is 11.1 Å². The summed E-state index contributed by atoms with van der Waals surface area (Å²) in [6.45, 7) is 12.0. The maximum Gasteiger partial charge on any atom is 0.0167 e. The maximum atomic E-state index is 5.72. The summed E-state index contributed by atoms with van der Waals surface area (Å²) in [5.74, 6) is 0. The summed E-state index contributed by atoms with van der Waals surface area (Å²) >= 11 is 0. The summed E-state index contributed by atoms with van der Waals surface area (Å²) in [6.07, 6.45) is 0. The lowest BCUT2D eigenvalue weighted by molar-refractivity contribution is 0.145. The van der Waals surface area contributed by atoms with Crippen molar-refractivity contribution < 1.29 is 0 Å². The van der Waals surface area contributed by atoms with Crippen molar-refractivity contribution in [3.05, 3.63) is 0 Å². The van der Waals surface area contributed by atoms with Crippen LogP contribution in [0.25, 0.3) is 0 Å². The molecule has 0 aliphatic carbocycles. The van der Waals surface area contributed by atoms with Gasteiger partial charge in [-0.1, -0.05) is 13.8 Å². The number of nitrogens with one attached hydrogen (secondary N) is 1. The lowest BCUT2D eigenvalue weighted by atomic mass is 9.92. The number of nitrogens with two attached hydrogens (primary N) is 1. The Labute approximate surface area is 81.7 Å². The van der Waals surface area contributed by atoms with E-state index in [4.69, 9.17) is 5.73 Å². The fourth-order valence-electron chi connectivity index (χ4n) is 1.83. The van der Waals surface area contributed by atoms with Gasteiger partial charge in [0.25, 0.3) is 0 Å². The molecule has 0 radical (unpaired) electrons. The quantitative estimate of drug-likeness (QED) is 0.663. The predicted molar refractivity (Wildman–Crippen MR) is 56.7 cm³/mol. The molecule has 3 nitrogen and oxygen atoms in total.